The largest absolute Gasteiger partial charge is 0.490 e. The number of hydrogen-bond acceptors (Lipinski definition) is 3. The van der Waals surface area contributed by atoms with E-state index in [-0.39, 0.29) is 6.61 Å². The van der Waals surface area contributed by atoms with Crippen molar-refractivity contribution in [1.82, 2.24) is 0 Å². The highest BCUT2D eigenvalue weighted by Gasteiger charge is 2.12. The molecule has 0 saturated carbocycles. The second kappa shape index (κ2) is 7.73. The molecule has 0 aromatic heterocycles. The molecule has 0 unspecified atom stereocenters. The Morgan fingerprint density at radius 3 is 2.32 bits per heavy atom. The lowest BCUT2D eigenvalue weighted by atomic mass is 10.2. The van der Waals surface area contributed by atoms with E-state index in [2.05, 4.69) is 0 Å². The molecule has 2 rings (SSSR count). The number of rotatable bonds is 6. The Kier molecular flexibility index (Phi) is 5.95. The molecule has 0 spiro atoms. The number of ether oxygens (including phenoxy) is 2. The van der Waals surface area contributed by atoms with E-state index in [9.17, 15) is 4.79 Å². The molecule has 0 fully saturated rings. The highest BCUT2D eigenvalue weighted by Crippen LogP contribution is 2.32. The molecule has 6 heteroatoms. The summed E-state index contributed by atoms with van der Waals surface area (Å²) in [7, 11) is 0. The predicted octanol–water partition coefficient (Wildman–Crippen LogP) is 5.35. The van der Waals surface area contributed by atoms with E-state index in [1.807, 2.05) is 6.92 Å². The first-order chi connectivity index (χ1) is 10.5. The summed E-state index contributed by atoms with van der Waals surface area (Å²) < 4.78 is 11.2. The normalized spacial score (nSPS) is 10.4. The van der Waals surface area contributed by atoms with Gasteiger partial charge in [0.05, 0.1) is 6.61 Å². The minimum atomic E-state index is -0.554. The molecule has 0 N–H and O–H groups in total. The zero-order valence-corrected chi connectivity index (χ0v) is 14.0. The Bertz CT molecular complexity index is 666. The van der Waals surface area contributed by atoms with Crippen LogP contribution in [0.2, 0.25) is 10.0 Å². The summed E-state index contributed by atoms with van der Waals surface area (Å²) in [6, 6.07) is 9.99. The van der Waals surface area contributed by atoms with Gasteiger partial charge in [0.1, 0.15) is 6.61 Å². The van der Waals surface area contributed by atoms with Gasteiger partial charge in [0.2, 0.25) is 0 Å². The van der Waals surface area contributed by atoms with E-state index in [0.29, 0.717) is 39.3 Å². The molecule has 0 aliphatic carbocycles. The van der Waals surface area contributed by atoms with Crippen LogP contribution >= 0.6 is 34.8 Å². The van der Waals surface area contributed by atoms with Crippen LogP contribution in [0.1, 0.15) is 22.8 Å². The average molecular weight is 360 g/mol. The number of carbonyl (C=O) groups is 1. The summed E-state index contributed by atoms with van der Waals surface area (Å²) in [5.41, 5.74) is 1.03. The molecular weight excluding hydrogens is 347 g/mol. The van der Waals surface area contributed by atoms with Gasteiger partial charge >= 0.3 is 0 Å². The third kappa shape index (κ3) is 4.07. The van der Waals surface area contributed by atoms with E-state index < -0.39 is 5.24 Å². The fraction of sp³-hybridized carbons (Fsp3) is 0.188. The highest BCUT2D eigenvalue weighted by atomic mass is 35.5. The molecular formula is C16H13Cl3O3. The molecule has 22 heavy (non-hydrogen) atoms. The SMILES string of the molecule is CCOc1cc(C(=O)Cl)ccc1OCc1c(Cl)cccc1Cl. The topological polar surface area (TPSA) is 35.5 Å². The second-order valence-electron chi connectivity index (χ2n) is 4.36. The maximum Gasteiger partial charge on any atom is 0.252 e. The van der Waals surface area contributed by atoms with Crippen LogP contribution < -0.4 is 9.47 Å². The van der Waals surface area contributed by atoms with Gasteiger partial charge in [-0.05, 0) is 48.9 Å². The Labute approximate surface area is 143 Å². The Balaban J connectivity index is 2.23. The van der Waals surface area contributed by atoms with Crippen LogP contribution in [0, 0.1) is 0 Å². The molecule has 2 aromatic carbocycles. The second-order valence-corrected chi connectivity index (χ2v) is 5.51. The van der Waals surface area contributed by atoms with Crippen molar-refractivity contribution in [2.45, 2.75) is 13.5 Å². The zero-order valence-electron chi connectivity index (χ0n) is 11.7. The number of benzene rings is 2. The van der Waals surface area contributed by atoms with Gasteiger partial charge in [0, 0.05) is 21.2 Å². The maximum absolute atomic E-state index is 11.2. The van der Waals surface area contributed by atoms with Crippen LogP contribution in [0.25, 0.3) is 0 Å². The van der Waals surface area contributed by atoms with E-state index >= 15 is 0 Å². The lowest BCUT2D eigenvalue weighted by Crippen LogP contribution is -2.02. The van der Waals surface area contributed by atoms with Gasteiger partial charge in [-0.3, -0.25) is 4.79 Å². The van der Waals surface area contributed by atoms with Crippen LogP contribution in [-0.4, -0.2) is 11.8 Å². The van der Waals surface area contributed by atoms with Gasteiger partial charge in [-0.15, -0.1) is 0 Å². The van der Waals surface area contributed by atoms with Gasteiger partial charge < -0.3 is 9.47 Å². The smallest absolute Gasteiger partial charge is 0.252 e. The zero-order chi connectivity index (χ0) is 16.1. The fourth-order valence-corrected chi connectivity index (χ4v) is 2.46. The van der Waals surface area contributed by atoms with Crippen molar-refractivity contribution in [3.63, 3.8) is 0 Å². The van der Waals surface area contributed by atoms with Gasteiger partial charge in [0.15, 0.2) is 11.5 Å². The van der Waals surface area contributed by atoms with Crippen molar-refractivity contribution in [3.05, 3.63) is 57.6 Å². The molecule has 2 aromatic rings. The highest BCUT2D eigenvalue weighted by molar-refractivity contribution is 6.67. The summed E-state index contributed by atoms with van der Waals surface area (Å²) in [6.45, 7) is 2.46. The summed E-state index contributed by atoms with van der Waals surface area (Å²) in [4.78, 5) is 11.2. The Hall–Kier alpha value is -1.42. The summed E-state index contributed by atoms with van der Waals surface area (Å²) >= 11 is 17.7. The molecule has 0 heterocycles. The molecule has 0 atom stereocenters. The average Bonchev–Trinajstić information content (AvgIpc) is 2.48. The van der Waals surface area contributed by atoms with Crippen molar-refractivity contribution in [2.24, 2.45) is 0 Å². The first kappa shape index (κ1) is 16.9. The predicted molar refractivity (Wildman–Crippen MR) is 88.6 cm³/mol. The molecule has 0 aliphatic heterocycles. The van der Waals surface area contributed by atoms with Crippen molar-refractivity contribution < 1.29 is 14.3 Å². The van der Waals surface area contributed by atoms with Crippen molar-refractivity contribution in [3.8, 4) is 11.5 Å². The molecule has 3 nitrogen and oxygen atoms in total. The van der Waals surface area contributed by atoms with E-state index in [1.165, 1.54) is 0 Å². The number of carbonyl (C=O) groups excluding carboxylic acids is 1. The van der Waals surface area contributed by atoms with E-state index in [4.69, 9.17) is 44.3 Å². The summed E-state index contributed by atoms with van der Waals surface area (Å²) in [5.74, 6) is 0.927. The van der Waals surface area contributed by atoms with Gasteiger partial charge in [0.25, 0.3) is 5.24 Å². The van der Waals surface area contributed by atoms with Crippen molar-refractivity contribution in [1.29, 1.82) is 0 Å². The van der Waals surface area contributed by atoms with Crippen LogP contribution in [0.5, 0.6) is 11.5 Å². The first-order valence-electron chi connectivity index (χ1n) is 6.55. The minimum absolute atomic E-state index is 0.187. The van der Waals surface area contributed by atoms with Crippen LogP contribution in [0.4, 0.5) is 0 Å². The molecule has 116 valence electrons. The lowest BCUT2D eigenvalue weighted by Gasteiger charge is -2.14. The van der Waals surface area contributed by atoms with Gasteiger partial charge in [-0.2, -0.15) is 0 Å². The monoisotopic (exact) mass is 358 g/mol. The first-order valence-corrected chi connectivity index (χ1v) is 7.68. The number of halogens is 3. The molecule has 0 aliphatic rings. The van der Waals surface area contributed by atoms with Gasteiger partial charge in [-0.25, -0.2) is 0 Å². The van der Waals surface area contributed by atoms with Crippen LogP contribution in [-0.2, 0) is 6.61 Å². The Morgan fingerprint density at radius 2 is 1.73 bits per heavy atom. The molecule has 0 amide bonds. The summed E-state index contributed by atoms with van der Waals surface area (Å²) in [6.07, 6.45) is 0. The molecule has 0 saturated heterocycles. The summed E-state index contributed by atoms with van der Waals surface area (Å²) in [5, 5.41) is 0.498. The maximum atomic E-state index is 11.2. The van der Waals surface area contributed by atoms with Crippen molar-refractivity contribution in [2.75, 3.05) is 6.61 Å². The van der Waals surface area contributed by atoms with Gasteiger partial charge in [-0.1, -0.05) is 29.3 Å². The van der Waals surface area contributed by atoms with E-state index in [0.717, 1.165) is 0 Å². The van der Waals surface area contributed by atoms with Crippen LogP contribution in [0.3, 0.4) is 0 Å². The molecule has 0 radical (unpaired) electrons. The van der Waals surface area contributed by atoms with E-state index in [1.54, 1.807) is 36.4 Å². The van der Waals surface area contributed by atoms with Crippen molar-refractivity contribution >= 4 is 40.0 Å². The Morgan fingerprint density at radius 1 is 1.05 bits per heavy atom. The fourth-order valence-electron chi connectivity index (χ4n) is 1.84. The van der Waals surface area contributed by atoms with Crippen LogP contribution in [0.15, 0.2) is 36.4 Å². The third-order valence-electron chi connectivity index (χ3n) is 2.90. The number of hydrogen-bond donors (Lipinski definition) is 0. The lowest BCUT2D eigenvalue weighted by molar-refractivity contribution is 0.108. The quantitative estimate of drug-likeness (QED) is 0.652. The standard InChI is InChI=1S/C16H13Cl3O3/c1-2-21-15-8-10(16(19)20)6-7-14(15)22-9-11-12(17)4-3-5-13(11)18/h3-8H,2,9H2,1H3. The minimum Gasteiger partial charge on any atom is -0.490 e. The molecule has 0 bridgehead atoms. The third-order valence-corrected chi connectivity index (χ3v) is 3.83.